The van der Waals surface area contributed by atoms with Gasteiger partial charge in [-0.2, -0.15) is 8.42 Å². The van der Waals surface area contributed by atoms with E-state index in [4.69, 9.17) is 9.47 Å². The number of nitrogens with one attached hydrogen (secondary N) is 1. The molecule has 0 spiro atoms. The molecule has 0 saturated carbocycles. The minimum atomic E-state index is -5.08. The zero-order chi connectivity index (χ0) is 46.9. The number of carbonyl (C=O) groups is 1. The molecule has 1 fully saturated rings. The number of rotatable bonds is 46. The van der Waals surface area contributed by atoms with Crippen LogP contribution in [0.25, 0.3) is 0 Å². The summed E-state index contributed by atoms with van der Waals surface area (Å²) in [6.45, 7) is 3.41. The molecule has 0 radical (unpaired) electrons. The second-order valence-electron chi connectivity index (χ2n) is 18.8. The summed E-state index contributed by atoms with van der Waals surface area (Å²) in [5, 5.41) is 44.8. The van der Waals surface area contributed by atoms with Gasteiger partial charge in [-0.1, -0.05) is 238 Å². The Kier molecular flexibility index (Phi) is 39.9. The standard InChI is InChI=1S/C51H99NO11S/c1-3-5-7-9-11-13-15-17-18-19-20-21-22-23-24-25-26-27-28-29-30-32-34-36-38-40-45(54)44(52-47(55)41-39-37-35-33-31-16-14-12-10-8-6-4-2)43-61-51-49(57)50(63-64(58,59)60)48(56)46(42-53)62-51/h38,40,44-46,48-51,53-54,56-57H,3-37,39,41-43H2,1-2H3,(H,52,55)(H,58,59,60)/b40-38+. The maximum absolute atomic E-state index is 13.0. The number of amides is 1. The van der Waals surface area contributed by atoms with E-state index in [0.29, 0.717) is 6.42 Å². The van der Waals surface area contributed by atoms with E-state index >= 15 is 0 Å². The van der Waals surface area contributed by atoms with Crippen LogP contribution in [0.4, 0.5) is 0 Å². The first kappa shape index (κ1) is 60.9. The van der Waals surface area contributed by atoms with E-state index in [0.717, 1.165) is 38.5 Å². The number of unbranched alkanes of at least 4 members (excludes halogenated alkanes) is 34. The van der Waals surface area contributed by atoms with Gasteiger partial charge in [-0.15, -0.1) is 0 Å². The van der Waals surface area contributed by atoms with Crippen molar-refractivity contribution in [2.24, 2.45) is 0 Å². The first-order valence-electron chi connectivity index (χ1n) is 26.6. The molecule has 6 N–H and O–H groups in total. The summed E-state index contributed by atoms with van der Waals surface area (Å²) in [7, 11) is -5.08. The van der Waals surface area contributed by atoms with Gasteiger partial charge in [0.25, 0.3) is 0 Å². The highest BCUT2D eigenvalue weighted by molar-refractivity contribution is 7.80. The van der Waals surface area contributed by atoms with Crippen LogP contribution in [0.5, 0.6) is 0 Å². The molecule has 1 saturated heterocycles. The molecule has 0 bridgehead atoms. The van der Waals surface area contributed by atoms with E-state index in [-0.39, 0.29) is 18.9 Å². The Morgan fingerprint density at radius 2 is 0.984 bits per heavy atom. The molecule has 0 aromatic carbocycles. The normalized spacial score (nSPS) is 20.3. The molecule has 380 valence electrons. The third kappa shape index (κ3) is 34.2. The van der Waals surface area contributed by atoms with Crippen LogP contribution in [0.2, 0.25) is 0 Å². The summed E-state index contributed by atoms with van der Waals surface area (Å²) in [6.07, 6.45) is 39.8. The number of aliphatic hydroxyl groups is 4. The molecule has 12 nitrogen and oxygen atoms in total. The number of hydrogen-bond acceptors (Lipinski definition) is 10. The van der Waals surface area contributed by atoms with Crippen LogP contribution in [0.15, 0.2) is 12.2 Å². The van der Waals surface area contributed by atoms with Crippen LogP contribution in [-0.2, 0) is 28.9 Å². The molecule has 0 aromatic heterocycles. The first-order chi connectivity index (χ1) is 31.0. The van der Waals surface area contributed by atoms with E-state index in [9.17, 15) is 38.2 Å². The fourth-order valence-electron chi connectivity index (χ4n) is 8.69. The van der Waals surface area contributed by atoms with Gasteiger partial charge in [-0.05, 0) is 19.3 Å². The molecule has 1 heterocycles. The summed E-state index contributed by atoms with van der Waals surface area (Å²) in [4.78, 5) is 13.0. The lowest BCUT2D eigenvalue weighted by Gasteiger charge is -2.41. The van der Waals surface area contributed by atoms with Crippen LogP contribution < -0.4 is 5.32 Å². The predicted octanol–water partition coefficient (Wildman–Crippen LogP) is 11.5. The molecule has 13 heteroatoms. The van der Waals surface area contributed by atoms with Gasteiger partial charge in [-0.25, -0.2) is 4.18 Å². The lowest BCUT2D eigenvalue weighted by Crippen LogP contribution is -2.61. The lowest BCUT2D eigenvalue weighted by molar-refractivity contribution is -0.298. The molecule has 1 amide bonds. The van der Waals surface area contributed by atoms with Gasteiger partial charge >= 0.3 is 10.4 Å². The van der Waals surface area contributed by atoms with Crippen LogP contribution in [0.3, 0.4) is 0 Å². The van der Waals surface area contributed by atoms with Crippen LogP contribution >= 0.6 is 0 Å². The van der Waals surface area contributed by atoms with Crippen molar-refractivity contribution in [3.05, 3.63) is 12.2 Å². The molecular weight excluding hydrogens is 835 g/mol. The van der Waals surface area contributed by atoms with E-state index in [1.165, 1.54) is 186 Å². The van der Waals surface area contributed by atoms with E-state index in [1.54, 1.807) is 6.08 Å². The summed E-state index contributed by atoms with van der Waals surface area (Å²) in [5.74, 6) is -0.260. The zero-order valence-corrected chi connectivity index (χ0v) is 41.7. The number of ether oxygens (including phenoxy) is 2. The van der Waals surface area contributed by atoms with Crippen LogP contribution in [0, 0.1) is 0 Å². The number of carbonyl (C=O) groups excluding carboxylic acids is 1. The summed E-state index contributed by atoms with van der Waals surface area (Å²) in [5.41, 5.74) is 0. The van der Waals surface area contributed by atoms with Crippen molar-refractivity contribution >= 4 is 16.3 Å². The van der Waals surface area contributed by atoms with Crippen molar-refractivity contribution in [1.82, 2.24) is 5.32 Å². The second kappa shape index (κ2) is 42.0. The largest absolute Gasteiger partial charge is 0.397 e. The number of allylic oxidation sites excluding steroid dienone is 1. The Morgan fingerprint density at radius 3 is 1.36 bits per heavy atom. The molecule has 1 aliphatic rings. The molecular formula is C51H99NO11S. The summed E-state index contributed by atoms with van der Waals surface area (Å²) >= 11 is 0. The smallest absolute Gasteiger partial charge is 0.394 e. The SMILES string of the molecule is CCCCCCCCCCCCCCCCCCCCCCCCC/C=C/C(O)C(COC1OC(CO)C(O)C(OS(=O)(=O)O)C1O)NC(=O)CCCCCCCCCCCCCC. The first-order valence-corrected chi connectivity index (χ1v) is 27.9. The average Bonchev–Trinajstić information content (AvgIpc) is 3.27. The lowest BCUT2D eigenvalue weighted by atomic mass is 9.99. The highest BCUT2D eigenvalue weighted by Crippen LogP contribution is 2.26. The Balaban J connectivity index is 2.37. The average molecular weight is 934 g/mol. The maximum Gasteiger partial charge on any atom is 0.397 e. The van der Waals surface area contributed by atoms with Crippen LogP contribution in [-0.4, -0.2) is 95.4 Å². The van der Waals surface area contributed by atoms with Gasteiger partial charge in [0.2, 0.25) is 5.91 Å². The zero-order valence-electron chi connectivity index (χ0n) is 40.9. The van der Waals surface area contributed by atoms with E-state index in [1.807, 2.05) is 6.08 Å². The van der Waals surface area contributed by atoms with Crippen molar-refractivity contribution in [3.8, 4) is 0 Å². The monoisotopic (exact) mass is 934 g/mol. The van der Waals surface area contributed by atoms with Crippen molar-refractivity contribution < 1.29 is 51.8 Å². The van der Waals surface area contributed by atoms with Gasteiger partial charge in [-0.3, -0.25) is 9.35 Å². The Morgan fingerprint density at radius 1 is 0.609 bits per heavy atom. The topological polar surface area (TPSA) is 192 Å². The summed E-state index contributed by atoms with van der Waals surface area (Å²) < 4.78 is 47.7. The Bertz CT molecular complexity index is 1190. The van der Waals surface area contributed by atoms with Gasteiger partial charge in [0, 0.05) is 6.42 Å². The van der Waals surface area contributed by atoms with Gasteiger partial charge < -0.3 is 35.2 Å². The number of aliphatic hydroxyl groups excluding tert-OH is 4. The minimum Gasteiger partial charge on any atom is -0.394 e. The van der Waals surface area contributed by atoms with Crippen molar-refractivity contribution in [3.63, 3.8) is 0 Å². The molecule has 7 atom stereocenters. The third-order valence-electron chi connectivity index (χ3n) is 12.8. The van der Waals surface area contributed by atoms with Crippen molar-refractivity contribution in [2.75, 3.05) is 13.2 Å². The molecule has 64 heavy (non-hydrogen) atoms. The van der Waals surface area contributed by atoms with Gasteiger partial charge in [0.15, 0.2) is 6.29 Å². The predicted molar refractivity (Wildman–Crippen MR) is 259 cm³/mol. The summed E-state index contributed by atoms with van der Waals surface area (Å²) in [6, 6.07) is -0.938. The second-order valence-corrected chi connectivity index (χ2v) is 19.9. The minimum absolute atomic E-state index is 0.260. The van der Waals surface area contributed by atoms with Crippen molar-refractivity contribution in [1.29, 1.82) is 0 Å². The van der Waals surface area contributed by atoms with E-state index in [2.05, 4.69) is 23.3 Å². The molecule has 0 aromatic rings. The Labute approximate surface area is 391 Å². The maximum atomic E-state index is 13.0. The van der Waals surface area contributed by atoms with Gasteiger partial charge in [0.1, 0.15) is 24.4 Å². The quantitative estimate of drug-likeness (QED) is 0.0193. The molecule has 1 rings (SSSR count). The molecule has 7 unspecified atom stereocenters. The highest BCUT2D eigenvalue weighted by Gasteiger charge is 2.48. The van der Waals surface area contributed by atoms with Crippen molar-refractivity contribution in [2.45, 2.75) is 294 Å². The van der Waals surface area contributed by atoms with E-state index < -0.39 is 59.9 Å². The highest BCUT2D eigenvalue weighted by atomic mass is 32.3. The Hall–Kier alpha value is -1.16. The fourth-order valence-corrected chi connectivity index (χ4v) is 9.20. The number of hydrogen-bond donors (Lipinski definition) is 6. The fraction of sp³-hybridized carbons (Fsp3) is 0.941. The molecule has 0 aliphatic carbocycles. The molecule has 1 aliphatic heterocycles. The van der Waals surface area contributed by atoms with Gasteiger partial charge in [0.05, 0.1) is 25.4 Å². The van der Waals surface area contributed by atoms with Crippen LogP contribution in [0.1, 0.15) is 251 Å². The third-order valence-corrected chi connectivity index (χ3v) is 13.3.